The third-order valence-electron chi connectivity index (χ3n) is 5.96. The minimum atomic E-state index is -5.09. The van der Waals surface area contributed by atoms with Crippen LogP contribution in [0.4, 0.5) is 32.0 Å². The van der Waals surface area contributed by atoms with Crippen LogP contribution < -0.4 is 14.4 Å². The van der Waals surface area contributed by atoms with E-state index in [4.69, 9.17) is 0 Å². The number of rotatable bonds is 6. The maximum atomic E-state index is 13.2. The van der Waals surface area contributed by atoms with Crippen LogP contribution in [-0.4, -0.2) is 57.4 Å². The van der Waals surface area contributed by atoms with Gasteiger partial charge in [-0.1, -0.05) is 12.1 Å². The Bertz CT molecular complexity index is 1220. The zero-order valence-electron chi connectivity index (χ0n) is 18.4. The van der Waals surface area contributed by atoms with Gasteiger partial charge < -0.3 is 14.4 Å². The van der Waals surface area contributed by atoms with Gasteiger partial charge in [-0.15, -0.1) is 13.2 Å². The predicted molar refractivity (Wildman–Crippen MR) is 114 cm³/mol. The molecule has 0 saturated carbocycles. The Kier molecular flexibility index (Phi) is 6.86. The fourth-order valence-electron chi connectivity index (χ4n) is 4.36. The van der Waals surface area contributed by atoms with E-state index in [1.807, 2.05) is 0 Å². The summed E-state index contributed by atoms with van der Waals surface area (Å²) >= 11 is 0. The smallest absolute Gasteiger partial charge is 0.484 e. The van der Waals surface area contributed by atoms with Crippen molar-refractivity contribution in [3.05, 3.63) is 48.5 Å². The fraction of sp³-hybridized carbons (Fsp3) is 0.409. The van der Waals surface area contributed by atoms with E-state index >= 15 is 0 Å². The molecule has 2 aromatic carbocycles. The summed E-state index contributed by atoms with van der Waals surface area (Å²) in [7, 11) is -4.40. The highest BCUT2D eigenvalue weighted by Gasteiger charge is 2.47. The predicted octanol–water partition coefficient (Wildman–Crippen LogP) is 4.20. The number of amides is 1. The molecule has 2 saturated heterocycles. The average molecular weight is 538 g/mol. The molecule has 2 fully saturated rings. The zero-order chi connectivity index (χ0) is 26.3. The molecule has 0 N–H and O–H groups in total. The number of halogens is 6. The summed E-state index contributed by atoms with van der Waals surface area (Å²) in [5.74, 6) is -2.34. The van der Waals surface area contributed by atoms with Gasteiger partial charge in [0.05, 0.1) is 5.92 Å². The number of sulfonamides is 1. The molecular weight excluding hydrogens is 518 g/mol. The summed E-state index contributed by atoms with van der Waals surface area (Å²) in [6.07, 6.45) is -9.16. The second-order valence-corrected chi connectivity index (χ2v) is 10.3. The molecule has 2 aromatic rings. The second kappa shape index (κ2) is 9.47. The minimum absolute atomic E-state index is 0.0312. The summed E-state index contributed by atoms with van der Waals surface area (Å²) in [5, 5.41) is 0. The first-order valence-electron chi connectivity index (χ1n) is 10.7. The molecule has 14 heteroatoms. The molecule has 2 aliphatic heterocycles. The van der Waals surface area contributed by atoms with E-state index in [1.54, 1.807) is 0 Å². The fourth-order valence-corrected chi connectivity index (χ4v) is 6.00. The topological polar surface area (TPSA) is 76.2 Å². The molecule has 2 heterocycles. The monoisotopic (exact) mass is 538 g/mol. The summed E-state index contributed by atoms with van der Waals surface area (Å²) < 4.78 is 111. The summed E-state index contributed by atoms with van der Waals surface area (Å²) in [6, 6.07) is 9.84. The molecule has 2 aliphatic rings. The number of hydrogen-bond acceptors (Lipinski definition) is 5. The molecule has 36 heavy (non-hydrogen) atoms. The van der Waals surface area contributed by atoms with Crippen LogP contribution in [0.3, 0.4) is 0 Å². The number of hydrogen-bond donors (Lipinski definition) is 0. The van der Waals surface area contributed by atoms with E-state index in [2.05, 4.69) is 9.47 Å². The molecular formula is C22H20F6N2O5S. The van der Waals surface area contributed by atoms with Crippen LogP contribution >= 0.6 is 0 Å². The summed E-state index contributed by atoms with van der Waals surface area (Å²) in [4.78, 5) is 13.9. The molecule has 196 valence electrons. The Morgan fingerprint density at radius 3 is 2.25 bits per heavy atom. The Morgan fingerprint density at radius 2 is 1.61 bits per heavy atom. The molecule has 7 nitrogen and oxygen atoms in total. The van der Waals surface area contributed by atoms with E-state index in [9.17, 15) is 39.6 Å². The summed E-state index contributed by atoms with van der Waals surface area (Å²) in [6.45, 7) is -1.49. The highest BCUT2D eigenvalue weighted by atomic mass is 32.2. The van der Waals surface area contributed by atoms with Crippen LogP contribution in [0, 0.1) is 11.8 Å². The van der Waals surface area contributed by atoms with Crippen LogP contribution in [0.5, 0.6) is 11.5 Å². The van der Waals surface area contributed by atoms with Crippen LogP contribution in [0.1, 0.15) is 6.42 Å². The van der Waals surface area contributed by atoms with Gasteiger partial charge in [0.2, 0.25) is 15.9 Å². The molecule has 0 unspecified atom stereocenters. The molecule has 2 atom stereocenters. The van der Waals surface area contributed by atoms with Crippen molar-refractivity contribution < 1.29 is 49.0 Å². The minimum Gasteiger partial charge on any atom is -0.484 e. The van der Waals surface area contributed by atoms with Gasteiger partial charge in [-0.2, -0.15) is 17.5 Å². The number of anilines is 1. The Labute approximate surface area is 202 Å². The molecule has 0 bridgehead atoms. The standard InChI is InChI=1S/C22H20F6N2O5S/c23-21(24,25)13-34-16-7-5-15(6-8-16)30-10-9-14-11-29(12-17(14)20(30)31)36(32,33)19-4-2-1-3-18(19)35-22(26,27)28/h1-8,14,17H,9-13H2/t14-,17+/m1/s1. The molecule has 0 aliphatic carbocycles. The maximum Gasteiger partial charge on any atom is 0.573 e. The first-order valence-corrected chi connectivity index (χ1v) is 12.1. The van der Waals surface area contributed by atoms with Gasteiger partial charge in [0.1, 0.15) is 16.4 Å². The number of carbonyl (C=O) groups is 1. The number of fused-ring (bicyclic) bond motifs is 1. The molecule has 4 rings (SSSR count). The van der Waals surface area contributed by atoms with Gasteiger partial charge in [-0.05, 0) is 48.7 Å². The van der Waals surface area contributed by atoms with Gasteiger partial charge in [-0.25, -0.2) is 8.42 Å². The normalized spacial score (nSPS) is 21.4. The van der Waals surface area contributed by atoms with Gasteiger partial charge in [0.25, 0.3) is 0 Å². The lowest BCUT2D eigenvalue weighted by Gasteiger charge is -2.33. The van der Waals surface area contributed by atoms with E-state index in [0.717, 1.165) is 16.4 Å². The van der Waals surface area contributed by atoms with Gasteiger partial charge in [0, 0.05) is 25.3 Å². The highest BCUT2D eigenvalue weighted by Crippen LogP contribution is 2.39. The number of carbonyl (C=O) groups excluding carboxylic acids is 1. The molecule has 0 aromatic heterocycles. The number of para-hydroxylation sites is 1. The number of piperidine rings is 1. The van der Waals surface area contributed by atoms with Crippen LogP contribution in [0.25, 0.3) is 0 Å². The van der Waals surface area contributed by atoms with Crippen LogP contribution in [0.2, 0.25) is 0 Å². The van der Waals surface area contributed by atoms with E-state index in [1.165, 1.54) is 41.3 Å². The highest BCUT2D eigenvalue weighted by molar-refractivity contribution is 7.89. The Balaban J connectivity index is 1.48. The molecule has 0 radical (unpaired) electrons. The van der Waals surface area contributed by atoms with Gasteiger partial charge in [-0.3, -0.25) is 4.79 Å². The third kappa shape index (κ3) is 5.69. The van der Waals surface area contributed by atoms with E-state index < -0.39 is 45.7 Å². The van der Waals surface area contributed by atoms with Crippen LogP contribution in [-0.2, 0) is 14.8 Å². The molecule has 1 amide bonds. The van der Waals surface area contributed by atoms with Crippen molar-refractivity contribution in [3.8, 4) is 11.5 Å². The Morgan fingerprint density at radius 1 is 0.944 bits per heavy atom. The van der Waals surface area contributed by atoms with Crippen molar-refractivity contribution in [2.75, 3.05) is 31.1 Å². The number of benzene rings is 2. The lowest BCUT2D eigenvalue weighted by Crippen LogP contribution is -2.45. The van der Waals surface area contributed by atoms with E-state index in [-0.39, 0.29) is 37.2 Å². The lowest BCUT2D eigenvalue weighted by molar-refractivity contribution is -0.275. The van der Waals surface area contributed by atoms with Crippen molar-refractivity contribution in [1.82, 2.24) is 4.31 Å². The Hall–Kier alpha value is -3.00. The second-order valence-electron chi connectivity index (χ2n) is 8.36. The summed E-state index contributed by atoms with van der Waals surface area (Å²) in [5.41, 5.74) is 0.406. The van der Waals surface area contributed by atoms with Gasteiger partial charge >= 0.3 is 12.5 Å². The zero-order valence-corrected chi connectivity index (χ0v) is 19.2. The number of nitrogens with zero attached hydrogens (tertiary/aromatic N) is 2. The third-order valence-corrected chi connectivity index (χ3v) is 7.83. The maximum absolute atomic E-state index is 13.2. The SMILES string of the molecule is O=C1[C@H]2CN(S(=O)(=O)c3ccccc3OC(F)(F)F)C[C@H]2CCN1c1ccc(OCC(F)(F)F)cc1. The number of alkyl halides is 6. The van der Waals surface area contributed by atoms with Crippen molar-refractivity contribution in [2.24, 2.45) is 11.8 Å². The average Bonchev–Trinajstić information content (AvgIpc) is 3.23. The van der Waals surface area contributed by atoms with E-state index in [0.29, 0.717) is 12.1 Å². The van der Waals surface area contributed by atoms with Crippen LogP contribution in [0.15, 0.2) is 53.4 Å². The molecule has 0 spiro atoms. The van der Waals surface area contributed by atoms with Crippen molar-refractivity contribution in [2.45, 2.75) is 23.9 Å². The van der Waals surface area contributed by atoms with Crippen molar-refractivity contribution in [1.29, 1.82) is 0 Å². The first-order chi connectivity index (χ1) is 16.7. The van der Waals surface area contributed by atoms with Crippen molar-refractivity contribution in [3.63, 3.8) is 0 Å². The van der Waals surface area contributed by atoms with Crippen molar-refractivity contribution >= 4 is 21.6 Å². The first kappa shape index (κ1) is 26.1. The number of ether oxygens (including phenoxy) is 2. The lowest BCUT2D eigenvalue weighted by atomic mass is 9.87. The quantitative estimate of drug-likeness (QED) is 0.516. The van der Waals surface area contributed by atoms with Gasteiger partial charge in [0.15, 0.2) is 6.61 Å². The largest absolute Gasteiger partial charge is 0.573 e.